The van der Waals surface area contributed by atoms with Crippen molar-refractivity contribution in [2.75, 3.05) is 17.6 Å². The quantitative estimate of drug-likeness (QED) is 0.758. The molecule has 0 fully saturated rings. The van der Waals surface area contributed by atoms with E-state index < -0.39 is 12.7 Å². The fourth-order valence-electron chi connectivity index (χ4n) is 0.890. The summed E-state index contributed by atoms with van der Waals surface area (Å²) in [6.07, 6.45) is -4.26. The minimum absolute atomic E-state index is 0.196. The number of anilines is 2. The van der Waals surface area contributed by atoms with Crippen LogP contribution >= 0.6 is 11.6 Å². The van der Waals surface area contributed by atoms with Crippen molar-refractivity contribution in [2.24, 2.45) is 0 Å². The molecule has 0 aromatic heterocycles. The van der Waals surface area contributed by atoms with Gasteiger partial charge in [0.15, 0.2) is 0 Å². The fraction of sp³-hybridized carbons (Fsp3) is 0.250. The molecule has 0 radical (unpaired) electrons. The summed E-state index contributed by atoms with van der Waals surface area (Å²) in [6.45, 7) is -1.11. The number of hydrogen-bond donors (Lipinski definition) is 2. The number of rotatable bonds is 2. The number of nitrogen functional groups attached to an aromatic ring is 1. The van der Waals surface area contributed by atoms with Gasteiger partial charge in [0.25, 0.3) is 0 Å². The molecule has 3 N–H and O–H groups in total. The minimum atomic E-state index is -4.26. The third-order valence-electron chi connectivity index (χ3n) is 1.49. The molecule has 1 rings (SSSR count). The Labute approximate surface area is 83.9 Å². The maximum atomic E-state index is 11.8. The summed E-state index contributed by atoms with van der Waals surface area (Å²) in [5, 5.41) is 2.56. The van der Waals surface area contributed by atoms with Crippen LogP contribution in [0.5, 0.6) is 0 Å². The summed E-state index contributed by atoms with van der Waals surface area (Å²) in [7, 11) is 0. The molecule has 0 aliphatic rings. The first-order chi connectivity index (χ1) is 6.38. The maximum absolute atomic E-state index is 11.8. The zero-order valence-corrected chi connectivity index (χ0v) is 7.78. The van der Waals surface area contributed by atoms with E-state index in [1.807, 2.05) is 0 Å². The van der Waals surface area contributed by atoms with Crippen molar-refractivity contribution < 1.29 is 13.2 Å². The molecule has 1 aromatic carbocycles. The molecule has 2 nitrogen and oxygen atoms in total. The molecule has 0 aliphatic carbocycles. The summed E-state index contributed by atoms with van der Waals surface area (Å²) < 4.78 is 35.5. The lowest BCUT2D eigenvalue weighted by Crippen LogP contribution is -2.21. The van der Waals surface area contributed by atoms with Crippen molar-refractivity contribution in [1.29, 1.82) is 0 Å². The summed E-state index contributed by atoms with van der Waals surface area (Å²) in [5.41, 5.74) is 5.86. The summed E-state index contributed by atoms with van der Waals surface area (Å²) in [4.78, 5) is 0. The van der Waals surface area contributed by atoms with E-state index in [0.29, 0.717) is 5.02 Å². The Bertz CT molecular complexity index is 325. The van der Waals surface area contributed by atoms with Crippen LogP contribution in [0, 0.1) is 0 Å². The van der Waals surface area contributed by atoms with Gasteiger partial charge in [0, 0.05) is 5.02 Å². The van der Waals surface area contributed by atoms with E-state index in [1.54, 1.807) is 0 Å². The second-order valence-electron chi connectivity index (χ2n) is 2.70. The SMILES string of the molecule is Nc1cc(Cl)ccc1NCC(F)(F)F. The van der Waals surface area contributed by atoms with Gasteiger partial charge in [-0.25, -0.2) is 0 Å². The first kappa shape index (κ1) is 11.0. The number of benzene rings is 1. The highest BCUT2D eigenvalue weighted by molar-refractivity contribution is 6.31. The van der Waals surface area contributed by atoms with E-state index in [1.165, 1.54) is 18.2 Å². The van der Waals surface area contributed by atoms with E-state index >= 15 is 0 Å². The molecule has 6 heteroatoms. The molecule has 0 unspecified atom stereocenters. The van der Waals surface area contributed by atoms with Crippen molar-refractivity contribution in [3.63, 3.8) is 0 Å². The standard InChI is InChI=1S/C8H8ClF3N2/c9-5-1-2-7(6(13)3-5)14-4-8(10,11)12/h1-3,14H,4,13H2. The molecular formula is C8H8ClF3N2. The third kappa shape index (κ3) is 3.33. The second-order valence-corrected chi connectivity index (χ2v) is 3.14. The predicted octanol–water partition coefficient (Wildman–Crippen LogP) is 2.90. The van der Waals surface area contributed by atoms with E-state index in [-0.39, 0.29) is 11.4 Å². The lowest BCUT2D eigenvalue weighted by atomic mass is 10.2. The van der Waals surface area contributed by atoms with Crippen LogP contribution in [0.3, 0.4) is 0 Å². The number of hydrogen-bond acceptors (Lipinski definition) is 2. The van der Waals surface area contributed by atoms with Crippen molar-refractivity contribution in [3.8, 4) is 0 Å². The second kappa shape index (κ2) is 3.96. The van der Waals surface area contributed by atoms with Gasteiger partial charge in [-0.15, -0.1) is 0 Å². The monoisotopic (exact) mass is 224 g/mol. The van der Waals surface area contributed by atoms with Gasteiger partial charge in [-0.2, -0.15) is 13.2 Å². The molecule has 0 spiro atoms. The zero-order chi connectivity index (χ0) is 10.8. The molecule has 14 heavy (non-hydrogen) atoms. The van der Waals surface area contributed by atoms with Gasteiger partial charge in [-0.1, -0.05) is 11.6 Å². The third-order valence-corrected chi connectivity index (χ3v) is 1.73. The zero-order valence-electron chi connectivity index (χ0n) is 7.03. The lowest BCUT2D eigenvalue weighted by molar-refractivity contribution is -0.115. The smallest absolute Gasteiger partial charge is 0.397 e. The van der Waals surface area contributed by atoms with Crippen LogP contribution in [0.4, 0.5) is 24.5 Å². The minimum Gasteiger partial charge on any atom is -0.397 e. The van der Waals surface area contributed by atoms with Gasteiger partial charge in [0.2, 0.25) is 0 Å². The van der Waals surface area contributed by atoms with E-state index in [2.05, 4.69) is 5.32 Å². The largest absolute Gasteiger partial charge is 0.405 e. The average molecular weight is 225 g/mol. The average Bonchev–Trinajstić information content (AvgIpc) is 2.00. The molecule has 0 heterocycles. The maximum Gasteiger partial charge on any atom is 0.405 e. The molecule has 0 atom stereocenters. The van der Waals surface area contributed by atoms with Crippen LogP contribution in [0.1, 0.15) is 0 Å². The summed E-state index contributed by atoms with van der Waals surface area (Å²) in [5.74, 6) is 0. The van der Waals surface area contributed by atoms with Crippen LogP contribution < -0.4 is 11.1 Å². The topological polar surface area (TPSA) is 38.0 Å². The van der Waals surface area contributed by atoms with Gasteiger partial charge in [-0.3, -0.25) is 0 Å². The van der Waals surface area contributed by atoms with Gasteiger partial charge < -0.3 is 11.1 Å². The number of halogens is 4. The first-order valence-corrected chi connectivity index (χ1v) is 4.12. The van der Waals surface area contributed by atoms with Gasteiger partial charge in [-0.05, 0) is 18.2 Å². The summed E-state index contributed by atoms with van der Waals surface area (Å²) in [6, 6.07) is 4.26. The number of alkyl halides is 3. The van der Waals surface area contributed by atoms with Crippen LogP contribution in [-0.4, -0.2) is 12.7 Å². The van der Waals surface area contributed by atoms with Gasteiger partial charge in [0.05, 0.1) is 11.4 Å². The van der Waals surface area contributed by atoms with Gasteiger partial charge in [0.1, 0.15) is 6.54 Å². The molecular weight excluding hydrogens is 217 g/mol. The predicted molar refractivity (Wildman–Crippen MR) is 50.4 cm³/mol. The molecule has 0 aliphatic heterocycles. The highest BCUT2D eigenvalue weighted by Crippen LogP contribution is 2.24. The van der Waals surface area contributed by atoms with Crippen LogP contribution in [0.25, 0.3) is 0 Å². The first-order valence-electron chi connectivity index (χ1n) is 3.74. The number of nitrogens with two attached hydrogens (primary N) is 1. The van der Waals surface area contributed by atoms with Crippen LogP contribution in [0.15, 0.2) is 18.2 Å². The summed E-state index contributed by atoms with van der Waals surface area (Å²) >= 11 is 5.58. The lowest BCUT2D eigenvalue weighted by Gasteiger charge is -2.11. The highest BCUT2D eigenvalue weighted by atomic mass is 35.5. The van der Waals surface area contributed by atoms with Crippen molar-refractivity contribution >= 4 is 23.0 Å². The molecule has 78 valence electrons. The van der Waals surface area contributed by atoms with Gasteiger partial charge >= 0.3 is 6.18 Å². The Morgan fingerprint density at radius 2 is 2.00 bits per heavy atom. The van der Waals surface area contributed by atoms with E-state index in [0.717, 1.165) is 0 Å². The number of nitrogens with one attached hydrogen (secondary N) is 1. The van der Waals surface area contributed by atoms with E-state index in [4.69, 9.17) is 17.3 Å². The fourth-order valence-corrected chi connectivity index (χ4v) is 1.07. The Morgan fingerprint density at radius 3 is 2.50 bits per heavy atom. The Balaban J connectivity index is 2.68. The van der Waals surface area contributed by atoms with Crippen molar-refractivity contribution in [3.05, 3.63) is 23.2 Å². The Kier molecular flexibility index (Phi) is 3.10. The highest BCUT2D eigenvalue weighted by Gasteiger charge is 2.26. The van der Waals surface area contributed by atoms with Crippen LogP contribution in [-0.2, 0) is 0 Å². The van der Waals surface area contributed by atoms with Crippen LogP contribution in [0.2, 0.25) is 5.02 Å². The molecule has 0 saturated carbocycles. The molecule has 0 amide bonds. The van der Waals surface area contributed by atoms with Crippen molar-refractivity contribution in [1.82, 2.24) is 0 Å². The molecule has 0 bridgehead atoms. The Morgan fingerprint density at radius 1 is 1.36 bits per heavy atom. The van der Waals surface area contributed by atoms with E-state index in [9.17, 15) is 13.2 Å². The Hall–Kier alpha value is -1.10. The van der Waals surface area contributed by atoms with Crippen molar-refractivity contribution in [2.45, 2.75) is 6.18 Å². The molecule has 0 saturated heterocycles. The molecule has 1 aromatic rings. The normalized spacial score (nSPS) is 11.4.